The topological polar surface area (TPSA) is 67.9 Å². The fourth-order valence-corrected chi connectivity index (χ4v) is 1.60. The summed E-state index contributed by atoms with van der Waals surface area (Å²) in [6.07, 6.45) is -0.0957. The smallest absolute Gasteiger partial charge is 0.410 e. The number of nitrogens with zero attached hydrogens (tertiary/aromatic N) is 1. The molecule has 1 N–H and O–H groups in total. The second-order valence-electron chi connectivity index (χ2n) is 5.05. The van der Waals surface area contributed by atoms with E-state index in [9.17, 15) is 9.59 Å². The van der Waals surface area contributed by atoms with Crippen molar-refractivity contribution in [2.75, 3.05) is 20.2 Å². The maximum atomic E-state index is 11.7. The van der Waals surface area contributed by atoms with Gasteiger partial charge in [-0.2, -0.15) is 0 Å². The van der Waals surface area contributed by atoms with Crippen LogP contribution in [0, 0.1) is 0 Å². The van der Waals surface area contributed by atoms with E-state index in [1.165, 1.54) is 7.11 Å². The Hall–Kier alpha value is -1.46. The third kappa shape index (κ3) is 4.50. The molecule has 0 saturated carbocycles. The van der Waals surface area contributed by atoms with Gasteiger partial charge in [0.1, 0.15) is 5.60 Å². The van der Waals surface area contributed by atoms with Crippen LogP contribution in [0.3, 0.4) is 0 Å². The number of hydrogen-bond donors (Lipinski definition) is 1. The molecule has 1 heterocycles. The molecule has 1 unspecified atom stereocenters. The van der Waals surface area contributed by atoms with Gasteiger partial charge >= 0.3 is 12.2 Å². The molecule has 98 valence electrons. The number of alkyl carbamates (subject to hydrolysis) is 1. The maximum absolute atomic E-state index is 11.7. The number of likely N-dealkylation sites (tertiary alicyclic amines) is 1. The fourth-order valence-electron chi connectivity index (χ4n) is 1.60. The minimum atomic E-state index is -0.495. The number of carbonyl (C=O) groups is 2. The van der Waals surface area contributed by atoms with Gasteiger partial charge in [0.2, 0.25) is 0 Å². The average molecular weight is 244 g/mol. The Kier molecular flexibility index (Phi) is 4.20. The van der Waals surface area contributed by atoms with Gasteiger partial charge in [0.25, 0.3) is 0 Å². The highest BCUT2D eigenvalue weighted by atomic mass is 16.6. The zero-order chi connectivity index (χ0) is 13.1. The van der Waals surface area contributed by atoms with Gasteiger partial charge in [-0.15, -0.1) is 0 Å². The highest BCUT2D eigenvalue weighted by molar-refractivity contribution is 5.70. The Morgan fingerprint density at radius 3 is 2.53 bits per heavy atom. The van der Waals surface area contributed by atoms with Crippen molar-refractivity contribution in [3.63, 3.8) is 0 Å². The van der Waals surface area contributed by atoms with E-state index in [1.54, 1.807) is 4.90 Å². The minimum Gasteiger partial charge on any atom is -0.453 e. The number of hydrogen-bond acceptors (Lipinski definition) is 4. The summed E-state index contributed by atoms with van der Waals surface area (Å²) in [5, 5.41) is 2.67. The molecule has 17 heavy (non-hydrogen) atoms. The highest BCUT2D eigenvalue weighted by Crippen LogP contribution is 2.15. The normalized spacial score (nSPS) is 20.0. The van der Waals surface area contributed by atoms with E-state index >= 15 is 0 Å². The molecule has 0 spiro atoms. The number of rotatable bonds is 1. The van der Waals surface area contributed by atoms with Crippen molar-refractivity contribution in [3.05, 3.63) is 0 Å². The number of amides is 2. The summed E-state index contributed by atoms with van der Waals surface area (Å²) in [5.74, 6) is 0. The van der Waals surface area contributed by atoms with Gasteiger partial charge in [-0.3, -0.25) is 0 Å². The molecule has 2 amide bonds. The van der Waals surface area contributed by atoms with Crippen LogP contribution in [-0.4, -0.2) is 48.9 Å². The Bertz CT molecular complexity index is 298. The number of ether oxygens (including phenoxy) is 2. The molecule has 1 fully saturated rings. The summed E-state index contributed by atoms with van der Waals surface area (Å²) in [4.78, 5) is 24.3. The lowest BCUT2D eigenvalue weighted by atomic mass is 10.2. The lowest BCUT2D eigenvalue weighted by Gasteiger charge is -2.24. The molecule has 0 aromatic carbocycles. The molecule has 0 aliphatic carbocycles. The predicted octanol–water partition coefficient (Wildman–Crippen LogP) is 1.35. The Morgan fingerprint density at radius 1 is 1.35 bits per heavy atom. The van der Waals surface area contributed by atoms with Crippen molar-refractivity contribution in [3.8, 4) is 0 Å². The lowest BCUT2D eigenvalue weighted by Crippen LogP contribution is -2.40. The minimum absolute atomic E-state index is 0.0602. The van der Waals surface area contributed by atoms with Crippen molar-refractivity contribution < 1.29 is 19.1 Å². The molecule has 0 radical (unpaired) electrons. The molecule has 0 aromatic rings. The van der Waals surface area contributed by atoms with E-state index in [4.69, 9.17) is 4.74 Å². The SMILES string of the molecule is COC(=O)NC1CCN(C(=O)OC(C)(C)C)C1. The summed E-state index contributed by atoms with van der Waals surface area (Å²) in [6.45, 7) is 6.52. The molecule has 6 nitrogen and oxygen atoms in total. The summed E-state index contributed by atoms with van der Waals surface area (Å²) >= 11 is 0. The van der Waals surface area contributed by atoms with Gasteiger partial charge in [0, 0.05) is 13.1 Å². The molecule has 1 saturated heterocycles. The molecule has 1 aliphatic heterocycles. The van der Waals surface area contributed by atoms with Crippen LogP contribution in [0.4, 0.5) is 9.59 Å². The van der Waals surface area contributed by atoms with E-state index in [0.717, 1.165) is 0 Å². The van der Waals surface area contributed by atoms with Crippen molar-refractivity contribution >= 4 is 12.2 Å². The van der Waals surface area contributed by atoms with Gasteiger partial charge in [0.05, 0.1) is 13.2 Å². The fraction of sp³-hybridized carbons (Fsp3) is 0.818. The Labute approximate surface area is 101 Å². The maximum Gasteiger partial charge on any atom is 0.410 e. The molecular weight excluding hydrogens is 224 g/mol. The predicted molar refractivity (Wildman–Crippen MR) is 61.8 cm³/mol. The van der Waals surface area contributed by atoms with Crippen molar-refractivity contribution in [1.29, 1.82) is 0 Å². The summed E-state index contributed by atoms with van der Waals surface area (Å²) < 4.78 is 9.75. The third-order valence-electron chi connectivity index (χ3n) is 2.35. The summed E-state index contributed by atoms with van der Waals surface area (Å²) in [7, 11) is 1.32. The van der Waals surface area contributed by atoms with Gasteiger partial charge < -0.3 is 19.7 Å². The molecule has 6 heteroatoms. The molecule has 1 aliphatic rings. The van der Waals surface area contributed by atoms with Crippen LogP contribution < -0.4 is 5.32 Å². The molecule has 1 rings (SSSR count). The summed E-state index contributed by atoms with van der Waals surface area (Å²) in [6, 6.07) is -0.0602. The Morgan fingerprint density at radius 2 is 2.00 bits per heavy atom. The van der Waals surface area contributed by atoms with Crippen LogP contribution in [0.15, 0.2) is 0 Å². The first-order chi connectivity index (χ1) is 7.81. The third-order valence-corrected chi connectivity index (χ3v) is 2.35. The van der Waals surface area contributed by atoms with Gasteiger partial charge in [0.15, 0.2) is 0 Å². The largest absolute Gasteiger partial charge is 0.453 e. The zero-order valence-electron chi connectivity index (χ0n) is 10.8. The van der Waals surface area contributed by atoms with Gasteiger partial charge in [-0.25, -0.2) is 9.59 Å². The quantitative estimate of drug-likeness (QED) is 0.756. The van der Waals surface area contributed by atoms with Crippen LogP contribution >= 0.6 is 0 Å². The van der Waals surface area contributed by atoms with E-state index < -0.39 is 11.7 Å². The van der Waals surface area contributed by atoms with E-state index in [0.29, 0.717) is 19.5 Å². The Balaban J connectivity index is 2.39. The number of carbonyl (C=O) groups excluding carboxylic acids is 2. The van der Waals surface area contributed by atoms with Crippen LogP contribution in [0.25, 0.3) is 0 Å². The highest BCUT2D eigenvalue weighted by Gasteiger charge is 2.30. The zero-order valence-corrected chi connectivity index (χ0v) is 10.8. The van der Waals surface area contributed by atoms with E-state index in [1.807, 2.05) is 20.8 Å². The first kappa shape index (κ1) is 13.6. The monoisotopic (exact) mass is 244 g/mol. The lowest BCUT2D eigenvalue weighted by molar-refractivity contribution is 0.0290. The molecule has 0 aromatic heterocycles. The molecule has 1 atom stereocenters. The standard InChI is InChI=1S/C11H20N2O4/c1-11(2,3)17-10(15)13-6-5-8(7-13)12-9(14)16-4/h8H,5-7H2,1-4H3,(H,12,14). The van der Waals surface area contributed by atoms with E-state index in [-0.39, 0.29) is 12.1 Å². The first-order valence-electron chi connectivity index (χ1n) is 5.64. The molecular formula is C11H20N2O4. The average Bonchev–Trinajstić information content (AvgIpc) is 2.63. The molecule has 0 bridgehead atoms. The summed E-state index contributed by atoms with van der Waals surface area (Å²) in [5.41, 5.74) is -0.495. The second-order valence-corrected chi connectivity index (χ2v) is 5.05. The number of nitrogens with one attached hydrogen (secondary N) is 1. The van der Waals surface area contributed by atoms with Crippen LogP contribution in [0.1, 0.15) is 27.2 Å². The van der Waals surface area contributed by atoms with Crippen molar-refractivity contribution in [1.82, 2.24) is 10.2 Å². The van der Waals surface area contributed by atoms with Crippen LogP contribution in [-0.2, 0) is 9.47 Å². The van der Waals surface area contributed by atoms with Gasteiger partial charge in [-0.05, 0) is 27.2 Å². The van der Waals surface area contributed by atoms with Crippen molar-refractivity contribution in [2.24, 2.45) is 0 Å². The van der Waals surface area contributed by atoms with E-state index in [2.05, 4.69) is 10.1 Å². The van der Waals surface area contributed by atoms with Crippen LogP contribution in [0.5, 0.6) is 0 Å². The van der Waals surface area contributed by atoms with Crippen LogP contribution in [0.2, 0.25) is 0 Å². The van der Waals surface area contributed by atoms with Gasteiger partial charge in [-0.1, -0.05) is 0 Å². The number of methoxy groups -OCH3 is 1. The first-order valence-corrected chi connectivity index (χ1v) is 5.64. The second kappa shape index (κ2) is 5.25. The van der Waals surface area contributed by atoms with Crippen molar-refractivity contribution in [2.45, 2.75) is 38.8 Å².